The van der Waals surface area contributed by atoms with Gasteiger partial charge < -0.3 is 19.8 Å². The molecular formula is C7H4N2O4-2. The Hall–Kier alpha value is -1.98. The molecule has 68 valence electrons. The molecule has 1 rings (SSSR count). The number of aryl methyl sites for hydroxylation is 1. The minimum Gasteiger partial charge on any atom is -0.543 e. The zero-order valence-electron chi connectivity index (χ0n) is 6.60. The minimum absolute atomic E-state index is 0.296. The molecule has 0 aliphatic carbocycles. The first-order valence-corrected chi connectivity index (χ1v) is 3.28. The largest absolute Gasteiger partial charge is 0.543 e. The second-order valence-electron chi connectivity index (χ2n) is 2.28. The molecule has 1 heterocycles. The number of hydrogen-bond acceptors (Lipinski definition) is 6. The van der Waals surface area contributed by atoms with Gasteiger partial charge in [-0.15, -0.1) is 0 Å². The summed E-state index contributed by atoms with van der Waals surface area (Å²) in [6.07, 6.45) is 1.14. The SMILES string of the molecule is Cc1cnc(C(=O)[O-])c(C(=O)[O-])n1. The molecule has 0 saturated heterocycles. The number of carbonyl (C=O) groups excluding carboxylic acids is 2. The number of carboxylic acids is 2. The normalized spacial score (nSPS) is 9.62. The van der Waals surface area contributed by atoms with Gasteiger partial charge in [-0.25, -0.2) is 4.98 Å². The highest BCUT2D eigenvalue weighted by Crippen LogP contribution is 2.01. The zero-order chi connectivity index (χ0) is 10.0. The van der Waals surface area contributed by atoms with Crippen molar-refractivity contribution in [3.63, 3.8) is 0 Å². The Morgan fingerprint density at radius 2 is 1.77 bits per heavy atom. The van der Waals surface area contributed by atoms with E-state index < -0.39 is 23.3 Å². The van der Waals surface area contributed by atoms with E-state index in [-0.39, 0.29) is 0 Å². The number of aromatic carboxylic acids is 2. The molecule has 13 heavy (non-hydrogen) atoms. The molecule has 0 fully saturated rings. The van der Waals surface area contributed by atoms with E-state index in [0.717, 1.165) is 6.20 Å². The van der Waals surface area contributed by atoms with Gasteiger partial charge in [0.15, 0.2) is 0 Å². The van der Waals surface area contributed by atoms with Crippen LogP contribution in [0.2, 0.25) is 0 Å². The molecule has 6 heteroatoms. The van der Waals surface area contributed by atoms with Gasteiger partial charge in [-0.05, 0) is 6.92 Å². The van der Waals surface area contributed by atoms with Gasteiger partial charge in [-0.2, -0.15) is 0 Å². The average Bonchev–Trinajstić information content (AvgIpc) is 2.03. The van der Waals surface area contributed by atoms with Crippen molar-refractivity contribution in [3.05, 3.63) is 23.3 Å². The molecule has 0 aliphatic rings. The van der Waals surface area contributed by atoms with E-state index >= 15 is 0 Å². The summed E-state index contributed by atoms with van der Waals surface area (Å²) >= 11 is 0. The first-order chi connectivity index (χ1) is 6.02. The third kappa shape index (κ3) is 1.78. The Kier molecular flexibility index (Phi) is 2.23. The van der Waals surface area contributed by atoms with Crippen molar-refractivity contribution in [2.45, 2.75) is 6.92 Å². The van der Waals surface area contributed by atoms with Crippen LogP contribution in [0.4, 0.5) is 0 Å². The van der Waals surface area contributed by atoms with Crippen LogP contribution in [0, 0.1) is 6.92 Å². The maximum Gasteiger partial charge on any atom is 0.114 e. The highest BCUT2D eigenvalue weighted by atomic mass is 16.4. The van der Waals surface area contributed by atoms with Gasteiger partial charge in [0.05, 0.1) is 17.6 Å². The van der Waals surface area contributed by atoms with E-state index in [9.17, 15) is 19.8 Å². The molecule has 0 spiro atoms. The zero-order valence-corrected chi connectivity index (χ0v) is 6.60. The second-order valence-corrected chi connectivity index (χ2v) is 2.28. The van der Waals surface area contributed by atoms with Crippen LogP contribution in [0.25, 0.3) is 0 Å². The number of aromatic nitrogens is 2. The highest BCUT2D eigenvalue weighted by Gasteiger charge is 2.07. The third-order valence-electron chi connectivity index (χ3n) is 1.28. The molecule has 0 N–H and O–H groups in total. The third-order valence-corrected chi connectivity index (χ3v) is 1.28. The second kappa shape index (κ2) is 3.18. The van der Waals surface area contributed by atoms with Crippen LogP contribution in [0.15, 0.2) is 6.20 Å². The van der Waals surface area contributed by atoms with Crippen LogP contribution in [0.1, 0.15) is 26.7 Å². The number of rotatable bonds is 2. The smallest absolute Gasteiger partial charge is 0.114 e. The molecule has 0 aliphatic heterocycles. The lowest BCUT2D eigenvalue weighted by Crippen LogP contribution is -2.32. The predicted octanol–water partition coefficient (Wildman–Crippen LogP) is -2.49. The molecular weight excluding hydrogens is 176 g/mol. The monoisotopic (exact) mass is 180 g/mol. The molecule has 0 unspecified atom stereocenters. The lowest BCUT2D eigenvalue weighted by molar-refractivity contribution is -0.260. The van der Waals surface area contributed by atoms with Gasteiger partial charge in [0.2, 0.25) is 0 Å². The van der Waals surface area contributed by atoms with Crippen molar-refractivity contribution >= 4 is 11.9 Å². The van der Waals surface area contributed by atoms with Crippen molar-refractivity contribution in [2.24, 2.45) is 0 Å². The van der Waals surface area contributed by atoms with E-state index in [1.165, 1.54) is 6.92 Å². The van der Waals surface area contributed by atoms with Crippen LogP contribution >= 0.6 is 0 Å². The van der Waals surface area contributed by atoms with Crippen molar-refractivity contribution < 1.29 is 19.8 Å². The first-order valence-electron chi connectivity index (χ1n) is 3.28. The van der Waals surface area contributed by atoms with Crippen LogP contribution < -0.4 is 10.2 Å². The molecule has 6 nitrogen and oxygen atoms in total. The van der Waals surface area contributed by atoms with Gasteiger partial charge >= 0.3 is 0 Å². The van der Waals surface area contributed by atoms with E-state index in [4.69, 9.17) is 0 Å². The molecule has 0 radical (unpaired) electrons. The van der Waals surface area contributed by atoms with Crippen molar-refractivity contribution in [1.82, 2.24) is 9.97 Å². The van der Waals surface area contributed by atoms with Gasteiger partial charge in [-0.1, -0.05) is 0 Å². The molecule has 0 amide bonds. The molecule has 1 aromatic heterocycles. The lowest BCUT2D eigenvalue weighted by Gasteiger charge is -2.08. The van der Waals surface area contributed by atoms with Crippen molar-refractivity contribution in [1.29, 1.82) is 0 Å². The summed E-state index contributed by atoms with van der Waals surface area (Å²) in [6.45, 7) is 1.48. The summed E-state index contributed by atoms with van der Waals surface area (Å²) < 4.78 is 0. The quantitative estimate of drug-likeness (QED) is 0.498. The van der Waals surface area contributed by atoms with E-state index in [1.54, 1.807) is 0 Å². The van der Waals surface area contributed by atoms with Gasteiger partial charge in [-0.3, -0.25) is 4.98 Å². The van der Waals surface area contributed by atoms with Crippen molar-refractivity contribution in [3.8, 4) is 0 Å². The Morgan fingerprint density at radius 1 is 1.23 bits per heavy atom. The Morgan fingerprint density at radius 3 is 2.23 bits per heavy atom. The van der Waals surface area contributed by atoms with E-state index in [0.29, 0.717) is 5.69 Å². The molecule has 0 bridgehead atoms. The molecule has 0 atom stereocenters. The fourth-order valence-corrected chi connectivity index (χ4v) is 0.769. The van der Waals surface area contributed by atoms with E-state index in [1.807, 2.05) is 0 Å². The van der Waals surface area contributed by atoms with Crippen molar-refractivity contribution in [2.75, 3.05) is 0 Å². The van der Waals surface area contributed by atoms with Gasteiger partial charge in [0.25, 0.3) is 0 Å². The minimum atomic E-state index is -1.69. The van der Waals surface area contributed by atoms with Gasteiger partial charge in [0.1, 0.15) is 11.4 Å². The standard InChI is InChI=1S/C7H6N2O4/c1-3-2-8-4(6(10)11)5(9-3)7(12)13/h2H,1H3,(H,10,11)(H,12,13)/p-2. The summed E-state index contributed by atoms with van der Waals surface area (Å²) in [4.78, 5) is 27.5. The Bertz CT molecular complexity index is 375. The number of carboxylic acid groups (broad SMARTS) is 2. The molecule has 0 aromatic carbocycles. The molecule has 0 saturated carbocycles. The highest BCUT2D eigenvalue weighted by molar-refractivity contribution is 5.96. The summed E-state index contributed by atoms with van der Waals surface area (Å²) in [7, 11) is 0. The van der Waals surface area contributed by atoms with Gasteiger partial charge in [0, 0.05) is 6.20 Å². The molecule has 1 aromatic rings. The Labute approximate surface area is 72.9 Å². The maximum absolute atomic E-state index is 10.4. The maximum atomic E-state index is 10.4. The fourth-order valence-electron chi connectivity index (χ4n) is 0.769. The summed E-state index contributed by atoms with van der Waals surface area (Å²) in [5.41, 5.74) is -1.13. The average molecular weight is 180 g/mol. The topological polar surface area (TPSA) is 106 Å². The van der Waals surface area contributed by atoms with Crippen LogP contribution in [0.5, 0.6) is 0 Å². The summed E-state index contributed by atoms with van der Waals surface area (Å²) in [5.74, 6) is -3.37. The van der Waals surface area contributed by atoms with Crippen LogP contribution in [-0.2, 0) is 0 Å². The fraction of sp³-hybridized carbons (Fsp3) is 0.143. The number of carbonyl (C=O) groups is 2. The summed E-state index contributed by atoms with van der Waals surface area (Å²) in [6, 6.07) is 0. The Balaban J connectivity index is 3.35. The predicted molar refractivity (Wildman–Crippen MR) is 35.4 cm³/mol. The number of nitrogens with zero attached hydrogens (tertiary/aromatic N) is 2. The summed E-state index contributed by atoms with van der Waals surface area (Å²) in [5, 5.41) is 20.7. The lowest BCUT2D eigenvalue weighted by atomic mass is 10.3. The van der Waals surface area contributed by atoms with Crippen LogP contribution in [0.3, 0.4) is 0 Å². The van der Waals surface area contributed by atoms with Crippen LogP contribution in [-0.4, -0.2) is 21.9 Å². The van der Waals surface area contributed by atoms with E-state index in [2.05, 4.69) is 9.97 Å². The first kappa shape index (κ1) is 9.11. The number of hydrogen-bond donors (Lipinski definition) is 0.